The molecule has 0 spiro atoms. The monoisotopic (exact) mass is 505 g/mol. The Morgan fingerprint density at radius 3 is 1.39 bits per heavy atom. The van der Waals surface area contributed by atoms with Gasteiger partial charge in [-0.2, -0.15) is 0 Å². The number of rotatable bonds is 4. The van der Waals surface area contributed by atoms with Gasteiger partial charge in [-0.1, -0.05) is 121 Å². The number of fused-ring (bicyclic) bond motifs is 3. The van der Waals surface area contributed by atoms with Gasteiger partial charge in [-0.05, 0) is 69.8 Å². The summed E-state index contributed by atoms with van der Waals surface area (Å²) in [7, 11) is 0. The minimum atomic E-state index is 0.741. The fourth-order valence-electron chi connectivity index (χ4n) is 5.41. The second-order valence-electron chi connectivity index (χ2n) is 9.59. The number of aromatic nitrogens is 1. The van der Waals surface area contributed by atoms with E-state index in [9.17, 15) is 0 Å². The van der Waals surface area contributed by atoms with Crippen LogP contribution in [0.15, 0.2) is 146 Å². The molecule has 1 aromatic heterocycles. The van der Waals surface area contributed by atoms with Crippen molar-refractivity contribution >= 4 is 33.4 Å². The lowest BCUT2D eigenvalue weighted by Crippen LogP contribution is -1.95. The van der Waals surface area contributed by atoms with Gasteiger partial charge in [0.15, 0.2) is 0 Å². The Hall–Kier alpha value is -4.59. The molecule has 7 aromatic rings. The van der Waals surface area contributed by atoms with Crippen molar-refractivity contribution < 1.29 is 0 Å². The Bertz CT molecular complexity index is 1820. The van der Waals surface area contributed by atoms with Crippen LogP contribution in [-0.4, -0.2) is 4.57 Å². The number of nitrogens with zero attached hydrogens (tertiary/aromatic N) is 1. The van der Waals surface area contributed by atoms with Crippen molar-refractivity contribution in [2.24, 2.45) is 0 Å². The zero-order valence-electron chi connectivity index (χ0n) is 20.7. The summed E-state index contributed by atoms with van der Waals surface area (Å²) in [6.07, 6.45) is 0. The SMILES string of the molecule is Clc1cccc(-c2cccc(-n3c4cc(-c5ccccc5)ccc4c4ccc(-c5ccccc5)cc43)c2)c1. The summed E-state index contributed by atoms with van der Waals surface area (Å²) in [5, 5.41) is 3.23. The molecule has 0 N–H and O–H groups in total. The van der Waals surface area contributed by atoms with E-state index >= 15 is 0 Å². The third-order valence-electron chi connectivity index (χ3n) is 7.24. The summed E-state index contributed by atoms with van der Waals surface area (Å²) >= 11 is 6.34. The van der Waals surface area contributed by atoms with E-state index in [1.807, 2.05) is 18.2 Å². The van der Waals surface area contributed by atoms with Crippen molar-refractivity contribution in [2.75, 3.05) is 0 Å². The minimum Gasteiger partial charge on any atom is -0.309 e. The minimum absolute atomic E-state index is 0.741. The van der Waals surface area contributed by atoms with Gasteiger partial charge in [-0.15, -0.1) is 0 Å². The first kappa shape index (κ1) is 22.6. The summed E-state index contributed by atoms with van der Waals surface area (Å²) in [6, 6.07) is 51.6. The molecule has 0 atom stereocenters. The van der Waals surface area contributed by atoms with E-state index in [2.05, 4.69) is 132 Å². The highest BCUT2D eigenvalue weighted by molar-refractivity contribution is 6.30. The topological polar surface area (TPSA) is 4.93 Å². The van der Waals surface area contributed by atoms with Gasteiger partial charge in [0.1, 0.15) is 0 Å². The number of halogens is 1. The fraction of sp³-hybridized carbons (Fsp3) is 0. The van der Waals surface area contributed by atoms with Crippen molar-refractivity contribution in [1.82, 2.24) is 4.57 Å². The molecule has 0 fully saturated rings. The Morgan fingerprint density at radius 1 is 0.368 bits per heavy atom. The fourth-order valence-corrected chi connectivity index (χ4v) is 5.60. The molecule has 0 unspecified atom stereocenters. The maximum atomic E-state index is 6.34. The molecule has 1 heterocycles. The molecule has 0 saturated carbocycles. The molecule has 6 aromatic carbocycles. The largest absolute Gasteiger partial charge is 0.309 e. The van der Waals surface area contributed by atoms with E-state index in [1.54, 1.807) is 0 Å². The second-order valence-corrected chi connectivity index (χ2v) is 10.0. The molecule has 180 valence electrons. The Kier molecular flexibility index (Phi) is 5.57. The zero-order valence-corrected chi connectivity index (χ0v) is 21.4. The van der Waals surface area contributed by atoms with Crippen LogP contribution in [0.3, 0.4) is 0 Å². The van der Waals surface area contributed by atoms with E-state index < -0.39 is 0 Å². The lowest BCUT2D eigenvalue weighted by molar-refractivity contribution is 1.18. The van der Waals surface area contributed by atoms with Crippen LogP contribution in [0.25, 0.3) is 60.9 Å². The predicted octanol–water partition coefficient (Wildman–Crippen LogP) is 10.4. The lowest BCUT2D eigenvalue weighted by Gasteiger charge is -2.12. The third kappa shape index (κ3) is 3.98. The number of hydrogen-bond acceptors (Lipinski definition) is 0. The first-order chi connectivity index (χ1) is 18.7. The van der Waals surface area contributed by atoms with Gasteiger partial charge in [0.25, 0.3) is 0 Å². The van der Waals surface area contributed by atoms with Crippen LogP contribution >= 0.6 is 11.6 Å². The average molecular weight is 506 g/mol. The molecule has 0 bridgehead atoms. The van der Waals surface area contributed by atoms with Gasteiger partial charge in [0.2, 0.25) is 0 Å². The van der Waals surface area contributed by atoms with Crippen LogP contribution in [0.4, 0.5) is 0 Å². The normalized spacial score (nSPS) is 11.3. The van der Waals surface area contributed by atoms with E-state index in [0.29, 0.717) is 0 Å². The molecule has 7 rings (SSSR count). The first-order valence-electron chi connectivity index (χ1n) is 12.8. The van der Waals surface area contributed by atoms with Crippen molar-refractivity contribution in [2.45, 2.75) is 0 Å². The number of benzene rings is 6. The highest BCUT2D eigenvalue weighted by Gasteiger charge is 2.15. The summed E-state index contributed by atoms with van der Waals surface area (Å²) in [6.45, 7) is 0. The molecule has 0 aliphatic heterocycles. The van der Waals surface area contributed by atoms with Gasteiger partial charge in [0, 0.05) is 21.5 Å². The standard InChI is InChI=1S/C36H24ClN/c37-31-15-7-13-27(21-31)28-14-8-16-32(22-28)38-35-23-29(25-9-3-1-4-10-25)17-19-33(35)34-20-18-30(24-36(34)38)26-11-5-2-6-12-26/h1-24H. The van der Waals surface area contributed by atoms with Crippen LogP contribution in [-0.2, 0) is 0 Å². The summed E-state index contributed by atoms with van der Waals surface area (Å²) in [4.78, 5) is 0. The van der Waals surface area contributed by atoms with Gasteiger partial charge in [-0.3, -0.25) is 0 Å². The smallest absolute Gasteiger partial charge is 0.0547 e. The van der Waals surface area contributed by atoms with Crippen molar-refractivity contribution in [1.29, 1.82) is 0 Å². The number of hydrogen-bond donors (Lipinski definition) is 0. The average Bonchev–Trinajstić information content (AvgIpc) is 3.31. The van der Waals surface area contributed by atoms with E-state index in [-0.39, 0.29) is 0 Å². The van der Waals surface area contributed by atoms with Crippen molar-refractivity contribution in [3.8, 4) is 39.1 Å². The third-order valence-corrected chi connectivity index (χ3v) is 7.48. The maximum absolute atomic E-state index is 6.34. The van der Waals surface area contributed by atoms with Crippen molar-refractivity contribution in [3.63, 3.8) is 0 Å². The molecular formula is C36H24ClN. The lowest BCUT2D eigenvalue weighted by atomic mass is 10.0. The Labute approximate surface area is 227 Å². The highest BCUT2D eigenvalue weighted by atomic mass is 35.5. The maximum Gasteiger partial charge on any atom is 0.0547 e. The molecule has 0 aliphatic carbocycles. The molecule has 1 nitrogen and oxygen atoms in total. The Morgan fingerprint density at radius 2 is 0.842 bits per heavy atom. The molecule has 38 heavy (non-hydrogen) atoms. The molecule has 0 aliphatic rings. The van der Waals surface area contributed by atoms with Crippen LogP contribution in [0, 0.1) is 0 Å². The van der Waals surface area contributed by atoms with Gasteiger partial charge >= 0.3 is 0 Å². The van der Waals surface area contributed by atoms with E-state index in [0.717, 1.165) is 21.8 Å². The van der Waals surface area contributed by atoms with Crippen LogP contribution in [0.5, 0.6) is 0 Å². The molecule has 0 amide bonds. The molecule has 0 radical (unpaired) electrons. The van der Waals surface area contributed by atoms with E-state index in [1.165, 1.54) is 44.1 Å². The summed E-state index contributed by atoms with van der Waals surface area (Å²) in [5.41, 5.74) is 10.6. The van der Waals surface area contributed by atoms with Crippen LogP contribution < -0.4 is 0 Å². The molecular weight excluding hydrogens is 482 g/mol. The van der Waals surface area contributed by atoms with E-state index in [4.69, 9.17) is 11.6 Å². The predicted molar refractivity (Wildman–Crippen MR) is 162 cm³/mol. The summed E-state index contributed by atoms with van der Waals surface area (Å²) < 4.78 is 2.40. The van der Waals surface area contributed by atoms with Gasteiger partial charge < -0.3 is 4.57 Å². The van der Waals surface area contributed by atoms with Crippen LogP contribution in [0.1, 0.15) is 0 Å². The first-order valence-corrected chi connectivity index (χ1v) is 13.2. The second kappa shape index (κ2) is 9.37. The van der Waals surface area contributed by atoms with Crippen molar-refractivity contribution in [3.05, 3.63) is 151 Å². The van der Waals surface area contributed by atoms with Gasteiger partial charge in [-0.25, -0.2) is 0 Å². The zero-order chi connectivity index (χ0) is 25.5. The molecule has 2 heteroatoms. The Balaban J connectivity index is 1.51. The molecule has 0 saturated heterocycles. The van der Waals surface area contributed by atoms with Crippen LogP contribution in [0.2, 0.25) is 5.02 Å². The summed E-state index contributed by atoms with van der Waals surface area (Å²) in [5.74, 6) is 0. The van der Waals surface area contributed by atoms with Gasteiger partial charge in [0.05, 0.1) is 11.0 Å². The quantitative estimate of drug-likeness (QED) is 0.224. The highest BCUT2D eigenvalue weighted by Crippen LogP contribution is 2.37.